The molecule has 0 aromatic heterocycles. The van der Waals surface area contributed by atoms with E-state index in [4.69, 9.17) is 5.26 Å². The number of rotatable bonds is 3. The van der Waals surface area contributed by atoms with Crippen LogP contribution in [0.4, 0.5) is 5.69 Å². The Bertz CT molecular complexity index is 406. The third-order valence-corrected chi connectivity index (χ3v) is 3.89. The molecule has 0 radical (unpaired) electrons. The van der Waals surface area contributed by atoms with Crippen LogP contribution in [0.25, 0.3) is 0 Å². The number of para-hydroxylation sites is 1. The van der Waals surface area contributed by atoms with E-state index in [1.807, 2.05) is 24.3 Å². The van der Waals surface area contributed by atoms with Crippen LogP contribution in [0.15, 0.2) is 24.3 Å². The van der Waals surface area contributed by atoms with E-state index in [1.165, 1.54) is 25.7 Å². The second kappa shape index (κ2) is 5.72. The molecule has 0 heterocycles. The van der Waals surface area contributed by atoms with E-state index in [9.17, 15) is 0 Å². The van der Waals surface area contributed by atoms with Crippen molar-refractivity contribution >= 4 is 5.69 Å². The molecular formula is C15H20N2. The van der Waals surface area contributed by atoms with Crippen molar-refractivity contribution in [2.24, 2.45) is 11.8 Å². The molecule has 1 N–H and O–H groups in total. The van der Waals surface area contributed by atoms with Crippen molar-refractivity contribution in [2.75, 3.05) is 11.9 Å². The largest absolute Gasteiger partial charge is 0.384 e. The van der Waals surface area contributed by atoms with Gasteiger partial charge in [0.1, 0.15) is 6.07 Å². The van der Waals surface area contributed by atoms with E-state index in [0.29, 0.717) is 0 Å². The summed E-state index contributed by atoms with van der Waals surface area (Å²) >= 11 is 0. The van der Waals surface area contributed by atoms with E-state index in [1.54, 1.807) is 0 Å². The molecule has 1 aromatic rings. The lowest BCUT2D eigenvalue weighted by Gasteiger charge is -2.29. The molecule has 0 bridgehead atoms. The molecule has 0 spiro atoms. The van der Waals surface area contributed by atoms with Gasteiger partial charge in [-0.3, -0.25) is 0 Å². The smallest absolute Gasteiger partial charge is 0.101 e. The number of hydrogen-bond donors (Lipinski definition) is 1. The fourth-order valence-corrected chi connectivity index (χ4v) is 2.67. The minimum absolute atomic E-state index is 0.746. The van der Waals surface area contributed by atoms with Gasteiger partial charge in [0.2, 0.25) is 0 Å². The van der Waals surface area contributed by atoms with Gasteiger partial charge < -0.3 is 5.32 Å². The summed E-state index contributed by atoms with van der Waals surface area (Å²) in [5.74, 6) is 1.57. The van der Waals surface area contributed by atoms with Gasteiger partial charge in [-0.2, -0.15) is 5.26 Å². The van der Waals surface area contributed by atoms with Crippen molar-refractivity contribution < 1.29 is 0 Å². The van der Waals surface area contributed by atoms with Gasteiger partial charge in [-0.1, -0.05) is 38.3 Å². The normalized spacial score (nSPS) is 24.0. The molecule has 1 aliphatic carbocycles. The first-order valence-corrected chi connectivity index (χ1v) is 6.54. The minimum Gasteiger partial charge on any atom is -0.384 e. The molecule has 2 unspecified atom stereocenters. The molecular weight excluding hydrogens is 208 g/mol. The summed E-state index contributed by atoms with van der Waals surface area (Å²) in [7, 11) is 0. The Hall–Kier alpha value is -1.49. The molecule has 0 aliphatic heterocycles. The predicted octanol–water partition coefficient (Wildman–Crippen LogP) is 3.80. The summed E-state index contributed by atoms with van der Waals surface area (Å²) in [5, 5.41) is 12.5. The summed E-state index contributed by atoms with van der Waals surface area (Å²) < 4.78 is 0. The highest BCUT2D eigenvalue weighted by Gasteiger charge is 2.20. The summed E-state index contributed by atoms with van der Waals surface area (Å²) in [4.78, 5) is 0. The minimum atomic E-state index is 0.746. The van der Waals surface area contributed by atoms with Crippen molar-refractivity contribution in [1.29, 1.82) is 5.26 Å². The highest BCUT2D eigenvalue weighted by molar-refractivity contribution is 5.57. The number of benzene rings is 1. The monoisotopic (exact) mass is 228 g/mol. The van der Waals surface area contributed by atoms with Gasteiger partial charge in [-0.05, 0) is 30.4 Å². The van der Waals surface area contributed by atoms with Crippen LogP contribution in [0.5, 0.6) is 0 Å². The van der Waals surface area contributed by atoms with Crippen molar-refractivity contribution in [3.8, 4) is 6.07 Å². The molecule has 2 atom stereocenters. The first-order valence-electron chi connectivity index (χ1n) is 6.54. The van der Waals surface area contributed by atoms with Crippen LogP contribution >= 0.6 is 0 Å². The van der Waals surface area contributed by atoms with E-state index in [0.717, 1.165) is 29.6 Å². The average molecular weight is 228 g/mol. The van der Waals surface area contributed by atoms with Gasteiger partial charge in [0.15, 0.2) is 0 Å². The zero-order valence-corrected chi connectivity index (χ0v) is 10.4. The van der Waals surface area contributed by atoms with Crippen LogP contribution < -0.4 is 5.32 Å². The lowest BCUT2D eigenvalue weighted by Crippen LogP contribution is -2.24. The van der Waals surface area contributed by atoms with Gasteiger partial charge >= 0.3 is 0 Å². The van der Waals surface area contributed by atoms with E-state index >= 15 is 0 Å². The third kappa shape index (κ3) is 3.00. The maximum absolute atomic E-state index is 9.02. The topological polar surface area (TPSA) is 35.8 Å². The molecule has 90 valence electrons. The second-order valence-electron chi connectivity index (χ2n) is 5.06. The first kappa shape index (κ1) is 12.0. The lowest BCUT2D eigenvalue weighted by atomic mass is 9.80. The Morgan fingerprint density at radius 2 is 2.06 bits per heavy atom. The van der Waals surface area contributed by atoms with Crippen LogP contribution in [-0.2, 0) is 0 Å². The maximum Gasteiger partial charge on any atom is 0.101 e. The highest BCUT2D eigenvalue weighted by atomic mass is 14.9. The van der Waals surface area contributed by atoms with Crippen LogP contribution in [0.3, 0.4) is 0 Å². The summed E-state index contributed by atoms with van der Waals surface area (Å²) in [5.41, 5.74) is 1.73. The van der Waals surface area contributed by atoms with Crippen molar-refractivity contribution in [3.05, 3.63) is 29.8 Å². The Balaban J connectivity index is 1.95. The third-order valence-electron chi connectivity index (χ3n) is 3.89. The van der Waals surface area contributed by atoms with Crippen molar-refractivity contribution in [1.82, 2.24) is 0 Å². The zero-order chi connectivity index (χ0) is 12.1. The fourth-order valence-electron chi connectivity index (χ4n) is 2.67. The Kier molecular flexibility index (Phi) is 4.03. The quantitative estimate of drug-likeness (QED) is 0.854. The Morgan fingerprint density at radius 1 is 1.29 bits per heavy atom. The van der Waals surface area contributed by atoms with Gasteiger partial charge in [0.05, 0.1) is 11.3 Å². The van der Waals surface area contributed by atoms with E-state index < -0.39 is 0 Å². The van der Waals surface area contributed by atoms with E-state index in [2.05, 4.69) is 18.3 Å². The number of anilines is 1. The molecule has 17 heavy (non-hydrogen) atoms. The number of hydrogen-bond acceptors (Lipinski definition) is 2. The van der Waals surface area contributed by atoms with Crippen molar-refractivity contribution in [2.45, 2.75) is 32.6 Å². The molecule has 0 amide bonds. The average Bonchev–Trinajstić information content (AvgIpc) is 2.38. The van der Waals surface area contributed by atoms with Crippen LogP contribution in [0.1, 0.15) is 38.2 Å². The van der Waals surface area contributed by atoms with Crippen molar-refractivity contribution in [3.63, 3.8) is 0 Å². The van der Waals surface area contributed by atoms with Crippen LogP contribution in [0, 0.1) is 23.2 Å². The molecule has 1 aromatic carbocycles. The number of nitrogens with zero attached hydrogens (tertiary/aromatic N) is 1. The van der Waals surface area contributed by atoms with Gasteiger partial charge in [-0.25, -0.2) is 0 Å². The predicted molar refractivity (Wildman–Crippen MR) is 70.8 cm³/mol. The fraction of sp³-hybridized carbons (Fsp3) is 0.533. The SMILES string of the molecule is CC1CCCCC1CNc1ccccc1C#N. The lowest BCUT2D eigenvalue weighted by molar-refractivity contribution is 0.268. The number of nitriles is 1. The second-order valence-corrected chi connectivity index (χ2v) is 5.06. The number of nitrogens with one attached hydrogen (secondary N) is 1. The zero-order valence-electron chi connectivity index (χ0n) is 10.4. The van der Waals surface area contributed by atoms with Gasteiger partial charge in [0, 0.05) is 6.54 Å². The Labute approximate surface area is 104 Å². The summed E-state index contributed by atoms with van der Waals surface area (Å²) in [6.45, 7) is 3.35. The molecule has 1 saturated carbocycles. The molecule has 1 aliphatic rings. The Morgan fingerprint density at radius 3 is 2.82 bits per heavy atom. The summed E-state index contributed by atoms with van der Waals surface area (Å²) in [6.07, 6.45) is 5.41. The molecule has 2 heteroatoms. The van der Waals surface area contributed by atoms with Crippen LogP contribution in [-0.4, -0.2) is 6.54 Å². The first-order chi connectivity index (χ1) is 8.31. The summed E-state index contributed by atoms with van der Waals surface area (Å²) in [6, 6.07) is 9.98. The standard InChI is InChI=1S/C15H20N2/c1-12-6-2-3-8-14(12)11-17-15-9-5-4-7-13(15)10-16/h4-5,7,9,12,14,17H,2-3,6,8,11H2,1H3. The van der Waals surface area contributed by atoms with Crippen LogP contribution in [0.2, 0.25) is 0 Å². The highest BCUT2D eigenvalue weighted by Crippen LogP contribution is 2.29. The molecule has 2 nitrogen and oxygen atoms in total. The maximum atomic E-state index is 9.02. The van der Waals surface area contributed by atoms with Gasteiger partial charge in [-0.15, -0.1) is 0 Å². The molecule has 2 rings (SSSR count). The molecule has 1 fully saturated rings. The molecule has 0 saturated heterocycles. The van der Waals surface area contributed by atoms with Gasteiger partial charge in [0.25, 0.3) is 0 Å². The van der Waals surface area contributed by atoms with E-state index in [-0.39, 0.29) is 0 Å².